The molecule has 0 aliphatic carbocycles. The number of methoxy groups -OCH3 is 1. The van der Waals surface area contributed by atoms with E-state index in [0.29, 0.717) is 30.3 Å². The van der Waals surface area contributed by atoms with E-state index in [9.17, 15) is 14.4 Å². The first kappa shape index (κ1) is 17.5. The molecule has 2 heterocycles. The number of hydrogen-bond donors (Lipinski definition) is 0. The number of benzene rings is 1. The topological polar surface area (TPSA) is 66.9 Å². The zero-order chi connectivity index (χ0) is 18.1. The maximum absolute atomic E-state index is 12.8. The third-order valence-electron chi connectivity index (χ3n) is 4.52. The Morgan fingerprint density at radius 2 is 1.88 bits per heavy atom. The Labute approximate surface area is 151 Å². The summed E-state index contributed by atoms with van der Waals surface area (Å²) in [5.41, 5.74) is 0.991. The van der Waals surface area contributed by atoms with Crippen LogP contribution in [0, 0.1) is 5.92 Å². The van der Waals surface area contributed by atoms with Crippen molar-refractivity contribution in [2.45, 2.75) is 19.8 Å². The summed E-state index contributed by atoms with van der Waals surface area (Å²) in [7, 11) is 1.29. The molecule has 1 saturated heterocycles. The molecule has 132 valence electrons. The zero-order valence-electron chi connectivity index (χ0n) is 14.1. The minimum atomic E-state index is -0.536. The van der Waals surface area contributed by atoms with E-state index in [1.54, 1.807) is 0 Å². The number of nitrogens with zero attached hydrogens (tertiary/aromatic N) is 2. The monoisotopic (exact) mass is 362 g/mol. The van der Waals surface area contributed by atoms with E-state index in [1.165, 1.54) is 31.4 Å². The van der Waals surface area contributed by atoms with E-state index in [0.717, 1.165) is 17.7 Å². The first-order valence-corrected chi connectivity index (χ1v) is 8.53. The molecule has 3 rings (SSSR count). The number of amides is 2. The van der Waals surface area contributed by atoms with Gasteiger partial charge in [0.15, 0.2) is 0 Å². The van der Waals surface area contributed by atoms with E-state index in [1.807, 2.05) is 4.90 Å². The molecule has 6 nitrogen and oxygen atoms in total. The number of imide groups is 1. The molecule has 25 heavy (non-hydrogen) atoms. The van der Waals surface area contributed by atoms with E-state index in [2.05, 4.69) is 11.7 Å². The molecule has 1 atom stereocenters. The van der Waals surface area contributed by atoms with Crippen LogP contribution in [0.2, 0.25) is 0 Å². The maximum Gasteiger partial charge on any atom is 0.337 e. The Morgan fingerprint density at radius 3 is 2.48 bits per heavy atom. The average Bonchev–Trinajstić information content (AvgIpc) is 2.83. The normalized spacial score (nSPS) is 21.2. The minimum absolute atomic E-state index is 0.0452. The SMILES string of the molecule is COC(=O)c1ccc(N2C(=O)C(Cl)=C(N3CCCC(C)C3)C2=O)cc1. The molecule has 0 N–H and O–H groups in total. The summed E-state index contributed by atoms with van der Waals surface area (Å²) in [5.74, 6) is -0.993. The second-order valence-corrected chi connectivity index (χ2v) is 6.72. The van der Waals surface area contributed by atoms with Crippen LogP contribution in [0.4, 0.5) is 5.69 Å². The number of likely N-dealkylation sites (tertiary alicyclic amines) is 1. The van der Waals surface area contributed by atoms with Crippen molar-refractivity contribution in [3.63, 3.8) is 0 Å². The lowest BCUT2D eigenvalue weighted by Gasteiger charge is -2.33. The highest BCUT2D eigenvalue weighted by Crippen LogP contribution is 2.33. The number of rotatable bonds is 3. The molecule has 1 aromatic rings. The predicted octanol–water partition coefficient (Wildman–Crippen LogP) is 2.53. The number of halogens is 1. The van der Waals surface area contributed by atoms with Gasteiger partial charge in [-0.05, 0) is 43.0 Å². The number of hydrogen-bond acceptors (Lipinski definition) is 5. The highest BCUT2D eigenvalue weighted by Gasteiger charge is 2.42. The van der Waals surface area contributed by atoms with Gasteiger partial charge in [0, 0.05) is 13.1 Å². The van der Waals surface area contributed by atoms with Gasteiger partial charge >= 0.3 is 5.97 Å². The Bertz CT molecular complexity index is 757. The van der Waals surface area contributed by atoms with Gasteiger partial charge < -0.3 is 9.64 Å². The van der Waals surface area contributed by atoms with Crippen molar-refractivity contribution in [2.75, 3.05) is 25.1 Å². The van der Waals surface area contributed by atoms with Gasteiger partial charge in [-0.2, -0.15) is 0 Å². The number of carbonyl (C=O) groups is 3. The highest BCUT2D eigenvalue weighted by atomic mass is 35.5. The molecule has 0 radical (unpaired) electrons. The van der Waals surface area contributed by atoms with E-state index < -0.39 is 17.8 Å². The van der Waals surface area contributed by atoms with Crippen LogP contribution in [0.25, 0.3) is 0 Å². The van der Waals surface area contributed by atoms with Crippen LogP contribution < -0.4 is 4.90 Å². The number of carbonyl (C=O) groups excluding carboxylic acids is 3. The molecule has 0 bridgehead atoms. The number of esters is 1. The standard InChI is InChI=1S/C18H19ClN2O4/c1-11-4-3-9-20(10-11)15-14(19)16(22)21(17(15)23)13-7-5-12(6-8-13)18(24)25-2/h5-8,11H,3-4,9-10H2,1-2H3. The van der Waals surface area contributed by atoms with Crippen molar-refractivity contribution in [1.82, 2.24) is 4.90 Å². The van der Waals surface area contributed by atoms with Crippen LogP contribution in [0.15, 0.2) is 35.0 Å². The molecule has 1 unspecified atom stereocenters. The zero-order valence-corrected chi connectivity index (χ0v) is 14.9. The first-order chi connectivity index (χ1) is 11.9. The fraction of sp³-hybridized carbons (Fsp3) is 0.389. The average molecular weight is 363 g/mol. The summed E-state index contributed by atoms with van der Waals surface area (Å²) < 4.78 is 4.64. The molecule has 0 saturated carbocycles. The van der Waals surface area contributed by atoms with Crippen molar-refractivity contribution in [2.24, 2.45) is 5.92 Å². The Balaban J connectivity index is 1.86. The van der Waals surface area contributed by atoms with Crippen LogP contribution in [-0.4, -0.2) is 42.9 Å². The van der Waals surface area contributed by atoms with Crippen LogP contribution in [0.1, 0.15) is 30.1 Å². The first-order valence-electron chi connectivity index (χ1n) is 8.16. The van der Waals surface area contributed by atoms with Crippen LogP contribution in [0.3, 0.4) is 0 Å². The second-order valence-electron chi connectivity index (χ2n) is 6.34. The van der Waals surface area contributed by atoms with Crippen molar-refractivity contribution in [3.05, 3.63) is 40.6 Å². The summed E-state index contributed by atoms with van der Waals surface area (Å²) in [4.78, 5) is 39.8. The Hall–Kier alpha value is -2.34. The molecular weight excluding hydrogens is 344 g/mol. The lowest BCUT2D eigenvalue weighted by atomic mass is 10.00. The van der Waals surface area contributed by atoms with Gasteiger partial charge in [-0.3, -0.25) is 9.59 Å². The summed E-state index contributed by atoms with van der Waals surface area (Å²) in [6, 6.07) is 6.09. The number of ether oxygens (including phenoxy) is 1. The third-order valence-corrected chi connectivity index (χ3v) is 4.86. The highest BCUT2D eigenvalue weighted by molar-refractivity contribution is 6.52. The molecular formula is C18H19ClN2O4. The lowest BCUT2D eigenvalue weighted by molar-refractivity contribution is -0.121. The molecule has 2 amide bonds. The van der Waals surface area contributed by atoms with Crippen molar-refractivity contribution < 1.29 is 19.1 Å². The minimum Gasteiger partial charge on any atom is -0.465 e. The largest absolute Gasteiger partial charge is 0.465 e. The van der Waals surface area contributed by atoms with Crippen LogP contribution >= 0.6 is 11.6 Å². The van der Waals surface area contributed by atoms with E-state index in [4.69, 9.17) is 11.6 Å². The van der Waals surface area contributed by atoms with Gasteiger partial charge in [0.25, 0.3) is 11.8 Å². The fourth-order valence-corrected chi connectivity index (χ4v) is 3.54. The summed E-state index contributed by atoms with van der Waals surface area (Å²) in [6.45, 7) is 3.54. The predicted molar refractivity (Wildman–Crippen MR) is 93.1 cm³/mol. The Morgan fingerprint density at radius 1 is 1.20 bits per heavy atom. The molecule has 1 fully saturated rings. The second kappa shape index (κ2) is 6.88. The smallest absolute Gasteiger partial charge is 0.337 e. The van der Waals surface area contributed by atoms with Gasteiger partial charge in [0.1, 0.15) is 10.7 Å². The lowest BCUT2D eigenvalue weighted by Crippen LogP contribution is -2.39. The van der Waals surface area contributed by atoms with Crippen molar-refractivity contribution >= 4 is 35.1 Å². The van der Waals surface area contributed by atoms with Crippen molar-refractivity contribution in [3.8, 4) is 0 Å². The van der Waals surface area contributed by atoms with Gasteiger partial charge in [0.2, 0.25) is 0 Å². The quantitative estimate of drug-likeness (QED) is 0.610. The van der Waals surface area contributed by atoms with Crippen LogP contribution in [0.5, 0.6) is 0 Å². The van der Waals surface area contributed by atoms with Gasteiger partial charge in [-0.25, -0.2) is 9.69 Å². The molecule has 2 aliphatic rings. The Kier molecular flexibility index (Phi) is 4.81. The molecule has 7 heteroatoms. The van der Waals surface area contributed by atoms with Gasteiger partial charge in [-0.15, -0.1) is 0 Å². The molecule has 0 aromatic heterocycles. The molecule has 0 spiro atoms. The summed E-state index contributed by atoms with van der Waals surface area (Å²) in [5, 5.41) is -0.0452. The van der Waals surface area contributed by atoms with Gasteiger partial charge in [0.05, 0.1) is 18.4 Å². The molecule has 1 aromatic carbocycles. The summed E-state index contributed by atoms with van der Waals surface area (Å²) >= 11 is 6.21. The third kappa shape index (κ3) is 3.14. The molecule has 2 aliphatic heterocycles. The van der Waals surface area contributed by atoms with Crippen LogP contribution in [-0.2, 0) is 14.3 Å². The van der Waals surface area contributed by atoms with Crippen molar-refractivity contribution in [1.29, 1.82) is 0 Å². The van der Waals surface area contributed by atoms with E-state index in [-0.39, 0.29) is 10.7 Å². The number of piperidine rings is 1. The van der Waals surface area contributed by atoms with E-state index >= 15 is 0 Å². The summed E-state index contributed by atoms with van der Waals surface area (Å²) in [6.07, 6.45) is 2.06. The maximum atomic E-state index is 12.8. The fourth-order valence-electron chi connectivity index (χ4n) is 3.26. The number of anilines is 1. The van der Waals surface area contributed by atoms with Gasteiger partial charge in [-0.1, -0.05) is 18.5 Å².